The lowest BCUT2D eigenvalue weighted by Crippen LogP contribution is -2.29. The number of carbonyl (C=O) groups excluding carboxylic acids is 1. The Labute approximate surface area is 285 Å². The number of imidazole rings is 1. The molecule has 0 saturated heterocycles. The molecular formula is C40H35Cl2N3O2. The highest BCUT2D eigenvalue weighted by Gasteiger charge is 2.15. The van der Waals surface area contributed by atoms with Gasteiger partial charge in [0.1, 0.15) is 18.1 Å². The molecule has 6 rings (SSSR count). The molecule has 1 heterocycles. The van der Waals surface area contributed by atoms with Crippen molar-refractivity contribution in [3.8, 4) is 28.1 Å². The predicted molar refractivity (Wildman–Crippen MR) is 195 cm³/mol. The van der Waals surface area contributed by atoms with Crippen LogP contribution in [0.5, 0.6) is 5.75 Å². The molecule has 47 heavy (non-hydrogen) atoms. The Bertz CT molecular complexity index is 2030. The van der Waals surface area contributed by atoms with E-state index in [2.05, 4.69) is 79.0 Å². The van der Waals surface area contributed by atoms with Crippen molar-refractivity contribution in [3.05, 3.63) is 142 Å². The molecule has 236 valence electrons. The van der Waals surface area contributed by atoms with Crippen molar-refractivity contribution in [2.24, 2.45) is 0 Å². The van der Waals surface area contributed by atoms with Gasteiger partial charge in [0, 0.05) is 23.3 Å². The van der Waals surface area contributed by atoms with Gasteiger partial charge in [-0.3, -0.25) is 4.79 Å². The summed E-state index contributed by atoms with van der Waals surface area (Å²) in [6.45, 7) is 2.90. The van der Waals surface area contributed by atoms with Crippen LogP contribution in [0.15, 0.2) is 115 Å². The van der Waals surface area contributed by atoms with Gasteiger partial charge in [-0.25, -0.2) is 4.98 Å². The van der Waals surface area contributed by atoms with Gasteiger partial charge in [-0.05, 0) is 81.8 Å². The SMILES string of the molecule is COc1ccc(-c2ccc(/C=C/c3nc(-c4ccc(Cl)cc4Cl)cn3CC(=O)NCCC(C)c3cccc4ccccc34)cc2)cc1. The van der Waals surface area contributed by atoms with Crippen LogP contribution in [0.4, 0.5) is 0 Å². The van der Waals surface area contributed by atoms with Crippen LogP contribution < -0.4 is 10.1 Å². The van der Waals surface area contributed by atoms with E-state index in [1.807, 2.05) is 53.2 Å². The van der Waals surface area contributed by atoms with Crippen molar-refractivity contribution in [2.75, 3.05) is 13.7 Å². The third kappa shape index (κ3) is 7.76. The van der Waals surface area contributed by atoms with Crippen LogP contribution in [-0.2, 0) is 11.3 Å². The molecule has 0 spiro atoms. The van der Waals surface area contributed by atoms with Gasteiger partial charge in [-0.2, -0.15) is 0 Å². The minimum Gasteiger partial charge on any atom is -0.497 e. The Balaban J connectivity index is 1.17. The number of aromatic nitrogens is 2. The van der Waals surface area contributed by atoms with Crippen LogP contribution in [-0.4, -0.2) is 29.1 Å². The number of fused-ring (bicyclic) bond motifs is 1. The van der Waals surface area contributed by atoms with Crippen molar-refractivity contribution in [1.82, 2.24) is 14.9 Å². The molecule has 1 unspecified atom stereocenters. The predicted octanol–water partition coefficient (Wildman–Crippen LogP) is 10.2. The van der Waals surface area contributed by atoms with Crippen LogP contribution in [0, 0.1) is 0 Å². The Morgan fingerprint density at radius 2 is 1.62 bits per heavy atom. The van der Waals surface area contributed by atoms with Crippen molar-refractivity contribution in [3.63, 3.8) is 0 Å². The fourth-order valence-electron chi connectivity index (χ4n) is 5.73. The van der Waals surface area contributed by atoms with E-state index in [4.69, 9.17) is 32.9 Å². The first-order valence-electron chi connectivity index (χ1n) is 15.6. The van der Waals surface area contributed by atoms with Crippen LogP contribution >= 0.6 is 23.2 Å². The number of carbonyl (C=O) groups is 1. The summed E-state index contributed by atoms with van der Waals surface area (Å²) in [6.07, 6.45) is 6.60. The summed E-state index contributed by atoms with van der Waals surface area (Å²) in [5.74, 6) is 1.68. The van der Waals surface area contributed by atoms with E-state index in [1.54, 1.807) is 19.2 Å². The fourth-order valence-corrected chi connectivity index (χ4v) is 6.24. The van der Waals surface area contributed by atoms with Gasteiger partial charge in [0.05, 0.1) is 17.8 Å². The molecule has 0 aliphatic rings. The largest absolute Gasteiger partial charge is 0.497 e. The highest BCUT2D eigenvalue weighted by atomic mass is 35.5. The second kappa shape index (κ2) is 14.7. The number of nitrogens with zero attached hydrogens (tertiary/aromatic N) is 2. The van der Waals surface area contributed by atoms with E-state index in [-0.39, 0.29) is 12.5 Å². The van der Waals surface area contributed by atoms with Gasteiger partial charge in [-0.1, -0.05) is 115 Å². The molecule has 7 heteroatoms. The fraction of sp³-hybridized carbons (Fsp3) is 0.150. The summed E-state index contributed by atoms with van der Waals surface area (Å²) in [7, 11) is 1.66. The standard InChI is InChI=1S/C40H35Cl2N3O2/c1-27(34-9-5-7-31-6-3-4-8-35(31)34)22-23-43-40(46)26-45-25-38(36-20-17-32(41)24-37(36)42)44-39(45)21-12-28-10-13-29(14-11-28)30-15-18-33(47-2)19-16-30/h3-21,24-25,27H,22-23,26H2,1-2H3,(H,43,46)/b21-12+. The molecular weight excluding hydrogens is 625 g/mol. The first-order valence-corrected chi connectivity index (χ1v) is 16.3. The average Bonchev–Trinajstić information content (AvgIpc) is 3.48. The molecule has 0 bridgehead atoms. The number of rotatable bonds is 11. The maximum atomic E-state index is 13.2. The quantitative estimate of drug-likeness (QED) is 0.151. The lowest BCUT2D eigenvalue weighted by atomic mass is 9.92. The van der Waals surface area contributed by atoms with Gasteiger partial charge in [0.15, 0.2) is 0 Å². The molecule has 1 aromatic heterocycles. The first kappa shape index (κ1) is 32.1. The lowest BCUT2D eigenvalue weighted by molar-refractivity contribution is -0.121. The van der Waals surface area contributed by atoms with Crippen molar-refractivity contribution in [2.45, 2.75) is 25.8 Å². The molecule has 1 amide bonds. The third-order valence-electron chi connectivity index (χ3n) is 8.34. The van der Waals surface area contributed by atoms with Crippen molar-refractivity contribution in [1.29, 1.82) is 0 Å². The Morgan fingerprint density at radius 1 is 0.894 bits per heavy atom. The molecule has 1 N–H and O–H groups in total. The minimum atomic E-state index is -0.0835. The molecule has 0 fully saturated rings. The molecule has 1 atom stereocenters. The summed E-state index contributed by atoms with van der Waals surface area (Å²) >= 11 is 12.7. The van der Waals surface area contributed by atoms with Gasteiger partial charge in [0.25, 0.3) is 0 Å². The summed E-state index contributed by atoms with van der Waals surface area (Å²) in [4.78, 5) is 18.1. The number of benzene rings is 5. The van der Waals surface area contributed by atoms with E-state index in [1.165, 1.54) is 16.3 Å². The second-order valence-corrected chi connectivity index (χ2v) is 12.4. The summed E-state index contributed by atoms with van der Waals surface area (Å²) in [5, 5.41) is 6.65. The van der Waals surface area contributed by atoms with Crippen molar-refractivity contribution < 1.29 is 9.53 Å². The summed E-state index contributed by atoms with van der Waals surface area (Å²) in [6, 6.07) is 36.4. The van der Waals surface area contributed by atoms with Crippen LogP contribution in [0.3, 0.4) is 0 Å². The van der Waals surface area contributed by atoms with Crippen LogP contribution in [0.25, 0.3) is 45.3 Å². The number of halogens is 2. The first-order chi connectivity index (χ1) is 22.9. The van der Waals surface area contributed by atoms with E-state index in [0.29, 0.717) is 34.0 Å². The van der Waals surface area contributed by atoms with E-state index in [9.17, 15) is 4.79 Å². The number of methoxy groups -OCH3 is 1. The number of ether oxygens (including phenoxy) is 1. The third-order valence-corrected chi connectivity index (χ3v) is 8.89. The molecule has 5 nitrogen and oxygen atoms in total. The molecule has 0 radical (unpaired) electrons. The minimum absolute atomic E-state index is 0.0835. The topological polar surface area (TPSA) is 56.2 Å². The van der Waals surface area contributed by atoms with E-state index >= 15 is 0 Å². The molecule has 6 aromatic rings. The summed E-state index contributed by atoms with van der Waals surface area (Å²) < 4.78 is 7.13. The smallest absolute Gasteiger partial charge is 0.239 e. The van der Waals surface area contributed by atoms with Gasteiger partial charge in [-0.15, -0.1) is 0 Å². The van der Waals surface area contributed by atoms with E-state index in [0.717, 1.165) is 34.4 Å². The highest BCUT2D eigenvalue weighted by Crippen LogP contribution is 2.31. The number of amides is 1. The zero-order valence-corrected chi connectivity index (χ0v) is 27.8. The van der Waals surface area contributed by atoms with Crippen molar-refractivity contribution >= 4 is 52.0 Å². The lowest BCUT2D eigenvalue weighted by Gasteiger charge is -2.15. The number of hydrogen-bond donors (Lipinski definition) is 1. The Kier molecular flexibility index (Phi) is 10.1. The van der Waals surface area contributed by atoms with Crippen LogP contribution in [0.2, 0.25) is 10.0 Å². The second-order valence-electron chi connectivity index (χ2n) is 11.5. The Hall–Kier alpha value is -4.84. The molecule has 5 aromatic carbocycles. The van der Waals surface area contributed by atoms with E-state index < -0.39 is 0 Å². The summed E-state index contributed by atoms with van der Waals surface area (Å²) in [5.41, 5.74) is 5.93. The number of hydrogen-bond acceptors (Lipinski definition) is 3. The molecule has 0 aliphatic heterocycles. The zero-order valence-electron chi connectivity index (χ0n) is 26.3. The van der Waals surface area contributed by atoms with Gasteiger partial charge in [0.2, 0.25) is 5.91 Å². The van der Waals surface area contributed by atoms with Gasteiger partial charge < -0.3 is 14.6 Å². The van der Waals surface area contributed by atoms with Gasteiger partial charge >= 0.3 is 0 Å². The maximum Gasteiger partial charge on any atom is 0.239 e. The van der Waals surface area contributed by atoms with Crippen LogP contribution in [0.1, 0.15) is 36.2 Å². The maximum absolute atomic E-state index is 13.2. The molecule has 0 aliphatic carbocycles. The Morgan fingerprint density at radius 3 is 2.36 bits per heavy atom. The molecule has 0 saturated carbocycles. The average molecular weight is 661 g/mol. The zero-order chi connectivity index (χ0) is 32.8. The highest BCUT2D eigenvalue weighted by molar-refractivity contribution is 6.36. The normalized spacial score (nSPS) is 12.0. The number of nitrogens with one attached hydrogen (secondary N) is 1. The monoisotopic (exact) mass is 659 g/mol.